The number of hydrogen-bond acceptors (Lipinski definition) is 4. The molecule has 0 aliphatic carbocycles. The SMILES string of the molecule is CNC(=O)C1CCN(C(=O)c2cccc(NS(=O)(=O)c3ccc(C)cc3C)c2)CC1. The fourth-order valence-corrected chi connectivity index (χ4v) is 5.04. The normalized spacial score (nSPS) is 15.0. The number of rotatable bonds is 5. The lowest BCUT2D eigenvalue weighted by molar-refractivity contribution is -0.125. The lowest BCUT2D eigenvalue weighted by Gasteiger charge is -2.31. The van der Waals surface area contributed by atoms with E-state index in [0.29, 0.717) is 42.7 Å². The van der Waals surface area contributed by atoms with Gasteiger partial charge in [0.25, 0.3) is 15.9 Å². The van der Waals surface area contributed by atoms with Gasteiger partial charge < -0.3 is 10.2 Å². The maximum absolute atomic E-state index is 12.9. The summed E-state index contributed by atoms with van der Waals surface area (Å²) in [6.45, 7) is 4.65. The van der Waals surface area contributed by atoms with Crippen molar-refractivity contribution in [3.8, 4) is 0 Å². The molecule has 0 atom stereocenters. The van der Waals surface area contributed by atoms with Crippen LogP contribution >= 0.6 is 0 Å². The zero-order valence-corrected chi connectivity index (χ0v) is 18.3. The van der Waals surface area contributed by atoms with Crippen LogP contribution in [0.3, 0.4) is 0 Å². The molecule has 0 saturated carbocycles. The van der Waals surface area contributed by atoms with Crippen molar-refractivity contribution in [1.82, 2.24) is 10.2 Å². The van der Waals surface area contributed by atoms with Gasteiger partial charge in [-0.1, -0.05) is 23.8 Å². The maximum atomic E-state index is 12.9. The Labute approximate surface area is 177 Å². The Bertz CT molecular complexity index is 1060. The van der Waals surface area contributed by atoms with Gasteiger partial charge in [-0.25, -0.2) is 8.42 Å². The minimum Gasteiger partial charge on any atom is -0.359 e. The average Bonchev–Trinajstić information content (AvgIpc) is 2.72. The Morgan fingerprint density at radius 3 is 2.37 bits per heavy atom. The van der Waals surface area contributed by atoms with E-state index in [1.54, 1.807) is 55.3 Å². The summed E-state index contributed by atoms with van der Waals surface area (Å²) in [6, 6.07) is 11.6. The molecule has 0 aromatic heterocycles. The molecule has 0 spiro atoms. The van der Waals surface area contributed by atoms with E-state index < -0.39 is 10.0 Å². The zero-order valence-electron chi connectivity index (χ0n) is 17.4. The number of nitrogens with zero attached hydrogens (tertiary/aromatic N) is 1. The van der Waals surface area contributed by atoms with Gasteiger partial charge in [-0.15, -0.1) is 0 Å². The van der Waals surface area contributed by atoms with Crippen molar-refractivity contribution >= 4 is 27.5 Å². The van der Waals surface area contributed by atoms with E-state index in [1.807, 2.05) is 13.0 Å². The topological polar surface area (TPSA) is 95.6 Å². The Morgan fingerprint density at radius 1 is 1.03 bits per heavy atom. The molecule has 1 aliphatic rings. The van der Waals surface area contributed by atoms with Crippen molar-refractivity contribution in [1.29, 1.82) is 0 Å². The first-order chi connectivity index (χ1) is 14.2. The number of amides is 2. The number of piperidine rings is 1. The molecular weight excluding hydrogens is 402 g/mol. The third kappa shape index (κ3) is 4.81. The van der Waals surface area contributed by atoms with Gasteiger partial charge >= 0.3 is 0 Å². The van der Waals surface area contributed by atoms with E-state index >= 15 is 0 Å². The maximum Gasteiger partial charge on any atom is 0.262 e. The molecule has 2 aromatic carbocycles. The summed E-state index contributed by atoms with van der Waals surface area (Å²) >= 11 is 0. The van der Waals surface area contributed by atoms with E-state index in [-0.39, 0.29) is 22.6 Å². The highest BCUT2D eigenvalue weighted by Gasteiger charge is 2.27. The first kappa shape index (κ1) is 21.8. The van der Waals surface area contributed by atoms with Crippen LogP contribution in [0.5, 0.6) is 0 Å². The summed E-state index contributed by atoms with van der Waals surface area (Å²) < 4.78 is 28.2. The molecule has 0 unspecified atom stereocenters. The van der Waals surface area contributed by atoms with Crippen LogP contribution in [0.4, 0.5) is 5.69 Å². The summed E-state index contributed by atoms with van der Waals surface area (Å²) in [6.07, 6.45) is 1.23. The van der Waals surface area contributed by atoms with Gasteiger partial charge in [-0.3, -0.25) is 14.3 Å². The van der Waals surface area contributed by atoms with Gasteiger partial charge in [0.2, 0.25) is 5.91 Å². The van der Waals surface area contributed by atoms with Crippen LogP contribution in [-0.4, -0.2) is 45.3 Å². The third-order valence-corrected chi connectivity index (χ3v) is 6.92. The van der Waals surface area contributed by atoms with E-state index in [1.165, 1.54) is 0 Å². The van der Waals surface area contributed by atoms with Crippen LogP contribution < -0.4 is 10.0 Å². The molecule has 8 heteroatoms. The molecular formula is C22H27N3O4S. The van der Waals surface area contributed by atoms with Crippen LogP contribution in [0.2, 0.25) is 0 Å². The first-order valence-corrected chi connectivity index (χ1v) is 11.4. The average molecular weight is 430 g/mol. The summed E-state index contributed by atoms with van der Waals surface area (Å²) in [4.78, 5) is 26.6. The number of hydrogen-bond donors (Lipinski definition) is 2. The van der Waals surface area contributed by atoms with Crippen LogP contribution in [0.25, 0.3) is 0 Å². The second-order valence-electron chi connectivity index (χ2n) is 7.64. The number of nitrogens with one attached hydrogen (secondary N) is 2. The smallest absolute Gasteiger partial charge is 0.262 e. The lowest BCUT2D eigenvalue weighted by atomic mass is 9.95. The molecule has 0 radical (unpaired) electrons. The van der Waals surface area contributed by atoms with Crippen LogP contribution in [-0.2, 0) is 14.8 Å². The van der Waals surface area contributed by atoms with Crippen LogP contribution in [0.15, 0.2) is 47.4 Å². The van der Waals surface area contributed by atoms with Gasteiger partial charge in [0.15, 0.2) is 0 Å². The fraction of sp³-hybridized carbons (Fsp3) is 0.364. The van der Waals surface area contributed by atoms with Gasteiger partial charge in [-0.2, -0.15) is 0 Å². The first-order valence-electron chi connectivity index (χ1n) is 9.92. The molecule has 7 nitrogen and oxygen atoms in total. The number of benzene rings is 2. The summed E-state index contributed by atoms with van der Waals surface area (Å²) in [7, 11) is -2.15. The monoisotopic (exact) mass is 429 g/mol. The second-order valence-corrected chi connectivity index (χ2v) is 9.29. The van der Waals surface area contributed by atoms with Crippen molar-refractivity contribution in [3.63, 3.8) is 0 Å². The molecule has 1 aliphatic heterocycles. The van der Waals surface area contributed by atoms with Crippen molar-refractivity contribution in [2.75, 3.05) is 24.9 Å². The number of anilines is 1. The molecule has 3 rings (SSSR count). The van der Waals surface area contributed by atoms with Crippen molar-refractivity contribution in [2.24, 2.45) is 5.92 Å². The van der Waals surface area contributed by atoms with Crippen LogP contribution in [0.1, 0.15) is 34.3 Å². The highest BCUT2D eigenvalue weighted by Crippen LogP contribution is 2.23. The Hall–Kier alpha value is -2.87. The van der Waals surface area contributed by atoms with Crippen molar-refractivity contribution in [2.45, 2.75) is 31.6 Å². The Kier molecular flexibility index (Phi) is 6.45. The fourth-order valence-electron chi connectivity index (χ4n) is 3.76. The molecule has 0 bridgehead atoms. The van der Waals surface area contributed by atoms with E-state index in [9.17, 15) is 18.0 Å². The second kappa shape index (κ2) is 8.87. The molecule has 160 valence electrons. The van der Waals surface area contributed by atoms with E-state index in [2.05, 4.69) is 10.0 Å². The highest BCUT2D eigenvalue weighted by atomic mass is 32.2. The number of carbonyl (C=O) groups excluding carboxylic acids is 2. The van der Waals surface area contributed by atoms with E-state index in [4.69, 9.17) is 0 Å². The van der Waals surface area contributed by atoms with Crippen LogP contribution in [0, 0.1) is 19.8 Å². The summed E-state index contributed by atoms with van der Waals surface area (Å²) in [5.41, 5.74) is 2.39. The number of likely N-dealkylation sites (tertiary alicyclic amines) is 1. The van der Waals surface area contributed by atoms with Crippen molar-refractivity contribution < 1.29 is 18.0 Å². The van der Waals surface area contributed by atoms with Gasteiger partial charge in [0.1, 0.15) is 0 Å². The molecule has 30 heavy (non-hydrogen) atoms. The van der Waals surface area contributed by atoms with Gasteiger partial charge in [-0.05, 0) is 56.5 Å². The molecule has 1 fully saturated rings. The number of aryl methyl sites for hydroxylation is 2. The molecule has 2 amide bonds. The molecule has 2 N–H and O–H groups in total. The Balaban J connectivity index is 1.73. The minimum atomic E-state index is -3.77. The molecule has 1 saturated heterocycles. The van der Waals surface area contributed by atoms with Gasteiger partial charge in [0.05, 0.1) is 4.90 Å². The predicted octanol–water partition coefficient (Wildman–Crippen LogP) is 2.70. The molecule has 1 heterocycles. The number of sulfonamides is 1. The quantitative estimate of drug-likeness (QED) is 0.764. The number of carbonyl (C=O) groups is 2. The summed E-state index contributed by atoms with van der Waals surface area (Å²) in [5.74, 6) is -0.238. The molecule has 2 aromatic rings. The minimum absolute atomic E-state index is 0.00454. The predicted molar refractivity (Wildman–Crippen MR) is 116 cm³/mol. The zero-order chi connectivity index (χ0) is 21.9. The standard InChI is InChI=1S/C22H27N3O4S/c1-15-7-8-20(16(2)13-15)30(28,29)24-19-6-4-5-18(14-19)22(27)25-11-9-17(10-12-25)21(26)23-3/h4-8,13-14,17,24H,9-12H2,1-3H3,(H,23,26). The summed E-state index contributed by atoms with van der Waals surface area (Å²) in [5, 5.41) is 2.65. The highest BCUT2D eigenvalue weighted by molar-refractivity contribution is 7.92. The third-order valence-electron chi connectivity index (χ3n) is 5.38. The lowest BCUT2D eigenvalue weighted by Crippen LogP contribution is -2.42. The van der Waals surface area contributed by atoms with E-state index in [0.717, 1.165) is 5.56 Å². The van der Waals surface area contributed by atoms with Crippen molar-refractivity contribution in [3.05, 3.63) is 59.2 Å². The Morgan fingerprint density at radius 2 is 1.73 bits per heavy atom. The largest absolute Gasteiger partial charge is 0.359 e. The van der Waals surface area contributed by atoms with Gasteiger partial charge in [0, 0.05) is 37.3 Å².